The molecular formula is C6H10BNOS. The second-order valence-electron chi connectivity index (χ2n) is 2.33. The largest absolute Gasteiger partial charge is 0.396 e. The Balaban J connectivity index is 2.34. The second-order valence-corrected chi connectivity index (χ2v) is 3.90. The first kappa shape index (κ1) is 7.99. The summed E-state index contributed by atoms with van der Waals surface area (Å²) < 4.78 is 0. The molecule has 1 amide bonds. The molecule has 1 heterocycles. The molecule has 2 nitrogen and oxygen atoms in total. The summed E-state index contributed by atoms with van der Waals surface area (Å²) in [6.07, 6.45) is 0.620. The van der Waals surface area contributed by atoms with Crippen LogP contribution in [0.25, 0.3) is 0 Å². The van der Waals surface area contributed by atoms with Gasteiger partial charge in [-0.05, 0) is 5.75 Å². The third-order valence-electron chi connectivity index (χ3n) is 1.53. The normalized spacial score (nSPS) is 25.9. The summed E-state index contributed by atoms with van der Waals surface area (Å²) in [5, 5.41) is 0.433. The molecular weight excluding hydrogens is 145 g/mol. The minimum Gasteiger partial charge on any atom is -0.396 e. The van der Waals surface area contributed by atoms with Crippen LogP contribution >= 0.6 is 11.8 Å². The number of hydrogen-bond donors (Lipinski definition) is 0. The van der Waals surface area contributed by atoms with Crippen molar-refractivity contribution in [1.29, 1.82) is 0 Å². The number of thioether (sulfide) groups is 1. The Morgan fingerprint density at radius 2 is 2.60 bits per heavy atom. The number of nitrogens with zero attached hydrogens (tertiary/aromatic N) is 1. The smallest absolute Gasteiger partial charge is 0.230 e. The van der Waals surface area contributed by atoms with E-state index in [2.05, 4.69) is 6.92 Å². The van der Waals surface area contributed by atoms with Gasteiger partial charge in [0, 0.05) is 18.2 Å². The van der Waals surface area contributed by atoms with Gasteiger partial charge in [-0.2, -0.15) is 11.8 Å². The highest BCUT2D eigenvalue weighted by atomic mass is 32.2. The number of rotatable bonds is 2. The molecule has 0 aliphatic carbocycles. The Morgan fingerprint density at radius 1 is 1.90 bits per heavy atom. The summed E-state index contributed by atoms with van der Waals surface area (Å²) >= 11 is 1.80. The predicted molar refractivity (Wildman–Crippen MR) is 44.0 cm³/mol. The van der Waals surface area contributed by atoms with Gasteiger partial charge in [0.1, 0.15) is 0 Å². The first-order valence-corrected chi connectivity index (χ1v) is 4.45. The first-order valence-electron chi connectivity index (χ1n) is 3.40. The van der Waals surface area contributed by atoms with E-state index in [-0.39, 0.29) is 5.91 Å². The monoisotopic (exact) mass is 155 g/mol. The third kappa shape index (κ3) is 1.69. The summed E-state index contributed by atoms with van der Waals surface area (Å²) in [7, 11) is 5.37. The lowest BCUT2D eigenvalue weighted by atomic mass is 10.3. The highest BCUT2D eigenvalue weighted by Crippen LogP contribution is 2.21. The number of amides is 1. The van der Waals surface area contributed by atoms with E-state index in [0.717, 1.165) is 12.3 Å². The molecule has 54 valence electrons. The summed E-state index contributed by atoms with van der Waals surface area (Å²) in [6, 6.07) is 0. The van der Waals surface area contributed by atoms with Crippen molar-refractivity contribution in [3.05, 3.63) is 0 Å². The van der Waals surface area contributed by atoms with Crippen molar-refractivity contribution in [3.8, 4) is 0 Å². The Labute approximate surface area is 66.8 Å². The average molecular weight is 155 g/mol. The van der Waals surface area contributed by atoms with Gasteiger partial charge in [0.25, 0.3) is 0 Å². The molecule has 2 radical (unpaired) electrons. The van der Waals surface area contributed by atoms with Crippen LogP contribution in [0.3, 0.4) is 0 Å². The van der Waals surface area contributed by atoms with Crippen molar-refractivity contribution >= 4 is 25.7 Å². The fourth-order valence-electron chi connectivity index (χ4n) is 1.05. The molecule has 1 saturated heterocycles. The summed E-state index contributed by atoms with van der Waals surface area (Å²) in [4.78, 5) is 12.2. The molecule has 1 unspecified atom stereocenters. The van der Waals surface area contributed by atoms with E-state index in [9.17, 15) is 4.79 Å². The van der Waals surface area contributed by atoms with Gasteiger partial charge in [-0.25, -0.2) is 0 Å². The lowest BCUT2D eigenvalue weighted by molar-refractivity contribution is -0.123. The molecule has 0 aromatic rings. The van der Waals surface area contributed by atoms with Crippen LogP contribution in [-0.4, -0.2) is 36.2 Å². The minimum atomic E-state index is 0.0750. The van der Waals surface area contributed by atoms with Crippen LogP contribution in [0, 0.1) is 0 Å². The van der Waals surface area contributed by atoms with E-state index in [0.29, 0.717) is 11.7 Å². The Bertz CT molecular complexity index is 142. The third-order valence-corrected chi connectivity index (χ3v) is 2.65. The summed E-state index contributed by atoms with van der Waals surface area (Å²) in [5.41, 5.74) is 0. The fourth-order valence-corrected chi connectivity index (χ4v) is 2.04. The van der Waals surface area contributed by atoms with Gasteiger partial charge >= 0.3 is 0 Å². The minimum absolute atomic E-state index is 0.0750. The number of carbonyl (C=O) groups is 1. The van der Waals surface area contributed by atoms with Gasteiger partial charge in [0.2, 0.25) is 13.9 Å². The van der Waals surface area contributed by atoms with Crippen LogP contribution in [0.2, 0.25) is 0 Å². The fraction of sp³-hybridized carbons (Fsp3) is 0.833. The molecule has 0 bridgehead atoms. The highest BCUT2D eigenvalue weighted by Gasteiger charge is 2.25. The first-order chi connectivity index (χ1) is 4.74. The van der Waals surface area contributed by atoms with E-state index in [1.54, 1.807) is 11.8 Å². The van der Waals surface area contributed by atoms with E-state index >= 15 is 0 Å². The lowest BCUT2D eigenvalue weighted by Crippen LogP contribution is -2.21. The van der Waals surface area contributed by atoms with Crippen LogP contribution in [-0.2, 0) is 4.79 Å². The quantitative estimate of drug-likeness (QED) is 0.538. The van der Waals surface area contributed by atoms with Crippen LogP contribution in [0.15, 0.2) is 0 Å². The Kier molecular flexibility index (Phi) is 2.66. The zero-order valence-corrected chi connectivity index (χ0v) is 6.86. The maximum Gasteiger partial charge on any atom is 0.230 e. The van der Waals surface area contributed by atoms with E-state index in [1.165, 1.54) is 4.81 Å². The molecule has 1 fully saturated rings. The number of hydrogen-bond acceptors (Lipinski definition) is 2. The van der Waals surface area contributed by atoms with Crippen molar-refractivity contribution in [2.24, 2.45) is 0 Å². The maximum atomic E-state index is 10.8. The molecule has 1 aliphatic heterocycles. The van der Waals surface area contributed by atoms with Crippen molar-refractivity contribution in [1.82, 2.24) is 4.81 Å². The van der Waals surface area contributed by atoms with E-state index in [1.807, 2.05) is 0 Å². The van der Waals surface area contributed by atoms with E-state index in [4.69, 9.17) is 7.98 Å². The van der Waals surface area contributed by atoms with Gasteiger partial charge < -0.3 is 4.81 Å². The van der Waals surface area contributed by atoms with Gasteiger partial charge in [-0.15, -0.1) is 0 Å². The predicted octanol–water partition coefficient (Wildman–Crippen LogP) is 0.424. The number of carbonyl (C=O) groups excluding carboxylic acids is 1. The zero-order chi connectivity index (χ0) is 7.56. The van der Waals surface area contributed by atoms with Gasteiger partial charge in [-0.3, -0.25) is 4.79 Å². The molecule has 0 aromatic carbocycles. The highest BCUT2D eigenvalue weighted by molar-refractivity contribution is 7.99. The van der Waals surface area contributed by atoms with Crippen LogP contribution in [0.5, 0.6) is 0 Å². The van der Waals surface area contributed by atoms with Crippen molar-refractivity contribution in [2.75, 3.05) is 12.3 Å². The SMILES string of the molecule is [B]N1CC(SCC)CC1=O. The summed E-state index contributed by atoms with van der Waals surface area (Å²) in [5.74, 6) is 1.14. The standard InChI is InChI=1S/C6H10BNOS/c1-2-10-5-3-6(9)8(7)4-5/h5H,2-4H2,1H3. The molecule has 1 aliphatic rings. The van der Waals surface area contributed by atoms with Crippen molar-refractivity contribution in [2.45, 2.75) is 18.6 Å². The average Bonchev–Trinajstić information content (AvgIpc) is 2.14. The molecule has 1 rings (SSSR count). The molecule has 0 N–H and O–H groups in total. The van der Waals surface area contributed by atoms with Gasteiger partial charge in [-0.1, -0.05) is 6.92 Å². The molecule has 4 heteroatoms. The van der Waals surface area contributed by atoms with E-state index < -0.39 is 0 Å². The van der Waals surface area contributed by atoms with Crippen molar-refractivity contribution in [3.63, 3.8) is 0 Å². The Hall–Kier alpha value is -0.115. The topological polar surface area (TPSA) is 20.3 Å². The Morgan fingerprint density at radius 3 is 3.00 bits per heavy atom. The molecule has 0 aromatic heterocycles. The summed E-state index contributed by atoms with van der Waals surface area (Å²) in [6.45, 7) is 2.81. The van der Waals surface area contributed by atoms with Crippen LogP contribution < -0.4 is 0 Å². The van der Waals surface area contributed by atoms with Gasteiger partial charge in [0.15, 0.2) is 0 Å². The molecule has 1 atom stereocenters. The lowest BCUT2D eigenvalue weighted by Gasteiger charge is -2.08. The van der Waals surface area contributed by atoms with Crippen LogP contribution in [0.4, 0.5) is 0 Å². The molecule has 0 spiro atoms. The molecule has 0 saturated carbocycles. The van der Waals surface area contributed by atoms with Crippen LogP contribution in [0.1, 0.15) is 13.3 Å². The second kappa shape index (κ2) is 3.33. The molecule has 10 heavy (non-hydrogen) atoms. The van der Waals surface area contributed by atoms with Crippen molar-refractivity contribution < 1.29 is 4.79 Å². The zero-order valence-electron chi connectivity index (χ0n) is 6.04. The van der Waals surface area contributed by atoms with Gasteiger partial charge in [0.05, 0.1) is 0 Å². The maximum absolute atomic E-state index is 10.8.